The number of imidazole rings is 1. The Morgan fingerprint density at radius 1 is 0.362 bits per heavy atom. The second-order valence-electron chi connectivity index (χ2n) is 36.6. The van der Waals surface area contributed by atoms with Gasteiger partial charge in [-0.2, -0.15) is 15.3 Å². The minimum absolute atomic E-state index is 0.0545. The molecule has 4 saturated heterocycles. The number of amides is 16. The molecule has 12 aromatic rings. The fourth-order valence-corrected chi connectivity index (χ4v) is 18.3. The maximum Gasteiger partial charge on any atom is 0.325 e. The Morgan fingerprint density at radius 2 is 0.725 bits per heavy atom. The predicted molar refractivity (Wildman–Crippen MR) is 538 cm³/mol. The van der Waals surface area contributed by atoms with Crippen LogP contribution in [0.25, 0.3) is 0 Å². The SMILES string of the molecule is CC[C@@H](NC(=O)N1C(=O)[C@H](Cc2cc(C)nc(N)c2)[C@H]1C(=O)N(C)c1nccn1C)c1cc(F)ccc1F.CC[C@@H](NC(=O)N1C(=O)[C@H](Cc2ccnc(N)c2)[C@H]1C(=O)N(C)c1ccn(C)n1)c1cc(F)ccc1C.CC[C@@H](NC(=O)N1C(=O)[C@H](Cc2ccnc(N)c2)[C@H]1C(=O)N(C)c1ccn(C)n1)c1ccc(C)c(F)c1.CC[C@@H](NC(=O)N1C(=O)[C@H](Cc2ccnc(N)c2)[C@H]1C(=O)N(C)c1ccn(C)n1)c1cccc(F)c1F. The highest BCUT2D eigenvalue weighted by Crippen LogP contribution is 2.41. The number of halogens is 6. The van der Waals surface area contributed by atoms with Gasteiger partial charge in [-0.3, -0.25) is 91.6 Å². The van der Waals surface area contributed by atoms with Crippen molar-refractivity contribution >= 4 is 118 Å². The molecule has 0 spiro atoms. The van der Waals surface area contributed by atoms with Crippen LogP contribution >= 0.6 is 0 Å². The van der Waals surface area contributed by atoms with Crippen LogP contribution in [0.2, 0.25) is 0 Å². The number of imide groups is 4. The number of likely N-dealkylation sites (tertiary alicyclic amines) is 4. The molecule has 4 aliphatic rings. The summed E-state index contributed by atoms with van der Waals surface area (Å²) in [6.07, 6.45) is 14.9. The summed E-state index contributed by atoms with van der Waals surface area (Å²) >= 11 is 0. The summed E-state index contributed by atoms with van der Waals surface area (Å²) in [5.74, 6) is -9.04. The van der Waals surface area contributed by atoms with Gasteiger partial charge in [0.25, 0.3) is 23.6 Å². The van der Waals surface area contributed by atoms with E-state index in [9.17, 15) is 83.9 Å². The number of likely N-dealkylation sites (N-methyl/N-ethyl adjacent to an activating group) is 4. The number of aromatic nitrogens is 12. The number of rotatable bonds is 28. The van der Waals surface area contributed by atoms with E-state index in [-0.39, 0.29) is 67.1 Å². The summed E-state index contributed by atoms with van der Waals surface area (Å²) in [5.41, 5.74) is 29.0. The zero-order chi connectivity index (χ0) is 108. The molecular weight excluding hydrogens is 1940 g/mol. The molecule has 8 aromatic heterocycles. The number of β-lactam (4-membered cyclic amide) rings is 4. The quantitative estimate of drug-likeness (QED) is 0.0167. The molecule has 782 valence electrons. The van der Waals surface area contributed by atoms with Crippen LogP contribution in [0.1, 0.15) is 139 Å². The third kappa shape index (κ3) is 24.3. The first-order valence-electron chi connectivity index (χ1n) is 47.7. The number of benzene rings is 4. The smallest absolute Gasteiger partial charge is 0.325 e. The third-order valence-corrected chi connectivity index (χ3v) is 26.4. The van der Waals surface area contributed by atoms with Crippen LogP contribution in [0.15, 0.2) is 189 Å². The number of carbonyl (C=O) groups excluding carboxylic acids is 12. The molecule has 0 saturated carbocycles. The maximum atomic E-state index is 14.4. The summed E-state index contributed by atoms with van der Waals surface area (Å²) in [6.45, 7) is 12.3. The highest BCUT2D eigenvalue weighted by Gasteiger charge is 2.60. The van der Waals surface area contributed by atoms with Gasteiger partial charge >= 0.3 is 24.1 Å². The summed E-state index contributed by atoms with van der Waals surface area (Å²) in [7, 11) is 13.0. The Hall–Kier alpha value is -17.3. The van der Waals surface area contributed by atoms with Gasteiger partial charge in [-0.05, 0) is 208 Å². The number of aryl methyl sites for hydroxylation is 7. The van der Waals surface area contributed by atoms with Crippen LogP contribution in [-0.4, -0.2) is 202 Å². The summed E-state index contributed by atoms with van der Waals surface area (Å²) in [4.78, 5) is 190. The number of urea groups is 4. The van der Waals surface area contributed by atoms with E-state index >= 15 is 0 Å². The van der Waals surface area contributed by atoms with E-state index in [2.05, 4.69) is 61.5 Å². The number of hydrogen-bond acceptors (Lipinski definition) is 24. The number of nitrogens with one attached hydrogen (secondary N) is 4. The molecule has 40 nitrogen and oxygen atoms in total. The number of hydrogen-bond donors (Lipinski definition) is 8. The van der Waals surface area contributed by atoms with Gasteiger partial charge in [0.05, 0.1) is 47.8 Å². The van der Waals surface area contributed by atoms with Crippen molar-refractivity contribution < 1.29 is 83.9 Å². The monoisotopic (exact) mass is 2050 g/mol. The molecule has 0 unspecified atom stereocenters. The fourth-order valence-electron chi connectivity index (χ4n) is 18.3. The average molecular weight is 2050 g/mol. The Bertz CT molecular complexity index is 6890. The normalized spacial score (nSPS) is 17.7. The molecule has 0 radical (unpaired) electrons. The Morgan fingerprint density at radius 3 is 1.09 bits per heavy atom. The Balaban J connectivity index is 0.000000166. The van der Waals surface area contributed by atoms with Crippen LogP contribution in [0.4, 0.5) is 92.2 Å². The number of nitrogens with two attached hydrogens (primary N) is 4. The molecule has 0 bridgehead atoms. The van der Waals surface area contributed by atoms with Crippen molar-refractivity contribution in [2.75, 3.05) is 70.7 Å². The minimum Gasteiger partial charge on any atom is -0.384 e. The van der Waals surface area contributed by atoms with Crippen molar-refractivity contribution in [1.82, 2.24) is 99.7 Å². The van der Waals surface area contributed by atoms with E-state index in [0.29, 0.717) is 81.4 Å². The van der Waals surface area contributed by atoms with Crippen LogP contribution in [-0.2, 0) is 92.2 Å². The van der Waals surface area contributed by atoms with Gasteiger partial charge in [0, 0.05) is 141 Å². The van der Waals surface area contributed by atoms with Crippen LogP contribution in [0.5, 0.6) is 0 Å². The van der Waals surface area contributed by atoms with Crippen molar-refractivity contribution in [3.63, 3.8) is 0 Å². The van der Waals surface area contributed by atoms with E-state index in [1.807, 2.05) is 20.8 Å². The fraction of sp³-hybridized carbons (Fsp3) is 0.340. The standard InChI is InChI=1S/C26H29F2N7O3.2C26H30FN7O3.C25H27F2N7O3/c1-5-20(17-13-16(27)6-7-19(17)28)32-26(38)35-22(24(37)34(4)25-30-8-9-33(25)3)18(23(35)36)11-15-10-14(2)31-21(29)12-15;1-5-20(18-14-17(27)7-6-15(18)2)30-26(37)34-23(25(36)33(4)22-9-11-32(3)31-22)19(24(34)35)12-16-8-10-29-21(28)13-16;1-5-20(17-7-6-15(2)19(27)14-17)30-26(37)34-23(25(36)33(4)22-9-11-32(3)31-22)18(24(34)35)12-16-8-10-29-21(28)13-16;1-4-18(15-6-5-7-17(26)21(15)27)30-25(37)34-22(24(36)33(3)20-9-11-32(2)31-20)16(23(34)35)12-14-8-10-29-19(28)13-14/h6-10,12-13,18,20,22H,5,11H2,1-4H3,(H2,29,31)(H,32,38);6-11,13-14,19-20,23H,5,12H2,1-4H3,(H2,28,29)(H,30,37);6-11,13-14,18,20,23H,5,12H2,1-4H3,(H2,28,29)(H,30,37);5-11,13,16,18,22H,4,12H2,1-3H3,(H2,28,29)(H,30,37)/t18-,20-,22+;19-,20-,23+;18-,20-,23+;16-,18-,22+/m1111/s1. The lowest BCUT2D eigenvalue weighted by atomic mass is 9.81. The van der Waals surface area contributed by atoms with Gasteiger partial charge in [-0.1, -0.05) is 58.0 Å². The van der Waals surface area contributed by atoms with Crippen molar-refractivity contribution in [3.05, 3.63) is 285 Å². The van der Waals surface area contributed by atoms with E-state index < -0.39 is 172 Å². The first-order valence-corrected chi connectivity index (χ1v) is 47.7. The number of anilines is 8. The zero-order valence-corrected chi connectivity index (χ0v) is 84.4. The van der Waals surface area contributed by atoms with Gasteiger partial charge in [0.15, 0.2) is 29.1 Å². The average Bonchev–Trinajstić information content (AvgIpc) is 1.56. The molecule has 12 N–H and O–H groups in total. The van der Waals surface area contributed by atoms with Crippen molar-refractivity contribution in [2.24, 2.45) is 51.9 Å². The number of pyridine rings is 4. The summed E-state index contributed by atoms with van der Waals surface area (Å²) < 4.78 is 90.8. The molecule has 4 aromatic carbocycles. The molecule has 16 amide bonds. The predicted octanol–water partition coefficient (Wildman–Crippen LogP) is 10.9. The van der Waals surface area contributed by atoms with Gasteiger partial charge in [-0.25, -0.2) is 70.4 Å². The lowest BCUT2D eigenvalue weighted by molar-refractivity contribution is -0.156. The molecule has 0 aliphatic carbocycles. The van der Waals surface area contributed by atoms with Gasteiger partial charge in [0.1, 0.15) is 70.7 Å². The number of carbonyl (C=O) groups is 12. The minimum atomic E-state index is -1.16. The molecule has 4 aliphatic heterocycles. The van der Waals surface area contributed by atoms with Crippen LogP contribution in [0, 0.1) is 79.3 Å². The molecule has 16 rings (SSSR count). The van der Waals surface area contributed by atoms with Crippen LogP contribution in [0.3, 0.4) is 0 Å². The largest absolute Gasteiger partial charge is 0.384 e. The summed E-state index contributed by atoms with van der Waals surface area (Å²) in [6, 6.07) is 23.5. The molecule has 149 heavy (non-hydrogen) atoms. The van der Waals surface area contributed by atoms with Gasteiger partial charge in [-0.15, -0.1) is 0 Å². The number of nitrogens with zero attached hydrogens (tertiary/aromatic N) is 20. The second-order valence-corrected chi connectivity index (χ2v) is 36.6. The maximum absolute atomic E-state index is 14.4. The zero-order valence-electron chi connectivity index (χ0n) is 84.4. The third-order valence-electron chi connectivity index (χ3n) is 26.4. The van der Waals surface area contributed by atoms with E-state index in [4.69, 9.17) is 22.9 Å². The van der Waals surface area contributed by atoms with Crippen LogP contribution < -0.4 is 63.8 Å². The lowest BCUT2D eigenvalue weighted by Gasteiger charge is -2.45. The molecule has 12 heterocycles. The first-order chi connectivity index (χ1) is 70.8. The highest BCUT2D eigenvalue weighted by atomic mass is 19.2. The van der Waals surface area contributed by atoms with Gasteiger partial charge < -0.3 is 48.8 Å². The van der Waals surface area contributed by atoms with E-state index in [0.717, 1.165) is 60.6 Å². The first kappa shape index (κ1) is 109. The molecule has 12 atom stereocenters. The van der Waals surface area contributed by atoms with Crippen molar-refractivity contribution in [3.8, 4) is 0 Å². The van der Waals surface area contributed by atoms with E-state index in [1.165, 1.54) is 93.5 Å². The Kier molecular flexibility index (Phi) is 34.3. The van der Waals surface area contributed by atoms with E-state index in [1.54, 1.807) is 194 Å². The van der Waals surface area contributed by atoms with Gasteiger partial charge in [0.2, 0.25) is 29.6 Å². The lowest BCUT2D eigenvalue weighted by Crippen LogP contribution is -2.70. The van der Waals surface area contributed by atoms with Crippen molar-refractivity contribution in [1.29, 1.82) is 0 Å². The Labute approximate surface area is 853 Å². The molecule has 46 heteroatoms. The number of nitrogen functional groups attached to an aromatic ring is 4. The van der Waals surface area contributed by atoms with Crippen molar-refractivity contribution in [2.45, 2.75) is 148 Å². The highest BCUT2D eigenvalue weighted by molar-refractivity contribution is 6.16. The topological polar surface area (TPSA) is 506 Å². The summed E-state index contributed by atoms with van der Waals surface area (Å²) in [5, 5.41) is 23.5. The molecule has 4 fully saturated rings. The second kappa shape index (κ2) is 46.8. The molecular formula is C103H116F6N28O12.